The van der Waals surface area contributed by atoms with Crippen molar-refractivity contribution in [3.05, 3.63) is 29.1 Å². The molecule has 2 nitrogen and oxygen atoms in total. The predicted octanol–water partition coefficient (Wildman–Crippen LogP) is 0.239. The van der Waals surface area contributed by atoms with Crippen LogP contribution in [0.25, 0.3) is 0 Å². The molecule has 0 aliphatic heterocycles. The number of rotatable bonds is 4. The van der Waals surface area contributed by atoms with Gasteiger partial charge in [0.05, 0.1) is 0 Å². The van der Waals surface area contributed by atoms with Crippen LogP contribution in [-0.4, -0.2) is 31.8 Å². The van der Waals surface area contributed by atoms with Gasteiger partial charge in [0.15, 0.2) is 0 Å². The Kier molecular flexibility index (Phi) is 4.14. The monoisotopic (exact) mass is 182 g/mol. The third kappa shape index (κ3) is 2.51. The van der Waals surface area contributed by atoms with Crippen LogP contribution in [0, 0.1) is 0 Å². The Hall–Kier alpha value is -0.513. The van der Waals surface area contributed by atoms with Gasteiger partial charge >= 0.3 is 0 Å². The fraction of sp³-hybridized carbons (Fsp3) is 0.444. The molecule has 2 N–H and O–H groups in total. The van der Waals surface area contributed by atoms with Crippen LogP contribution in [0.2, 0.25) is 0 Å². The van der Waals surface area contributed by atoms with Crippen molar-refractivity contribution in [3.8, 4) is 0 Å². The highest BCUT2D eigenvalue weighted by Crippen LogP contribution is 1.99. The highest BCUT2D eigenvalue weighted by molar-refractivity contribution is 6.52. The van der Waals surface area contributed by atoms with Crippen molar-refractivity contribution < 1.29 is 10.2 Å². The fourth-order valence-electron chi connectivity index (χ4n) is 1.29. The van der Waals surface area contributed by atoms with Gasteiger partial charge in [-0.2, -0.15) is 0 Å². The zero-order valence-electron chi connectivity index (χ0n) is 7.03. The summed E-state index contributed by atoms with van der Waals surface area (Å²) in [6.45, 7) is 0.467. The van der Waals surface area contributed by atoms with Crippen LogP contribution in [0.15, 0.2) is 23.9 Å². The van der Waals surface area contributed by atoms with Gasteiger partial charge in [0, 0.05) is 21.6 Å². The lowest BCUT2D eigenvalue weighted by atomic mass is 10.3. The standard InChI is InChI=1S/C9H14O2Si/c10-5-4-9-3-1-2-7-12(9)8-6-11/h1-3,7,10-11H,4-6,8H2. The van der Waals surface area contributed by atoms with Gasteiger partial charge in [0.1, 0.15) is 0 Å². The first kappa shape index (κ1) is 9.57. The van der Waals surface area contributed by atoms with Crippen LogP contribution >= 0.6 is 0 Å². The average Bonchev–Trinajstić information content (AvgIpc) is 2.09. The number of hydrogen-bond donors (Lipinski definition) is 2. The molecule has 66 valence electrons. The summed E-state index contributed by atoms with van der Waals surface area (Å²) in [7, 11) is -0.661. The first-order valence-electron chi connectivity index (χ1n) is 4.17. The molecular formula is C9H14O2Si. The Morgan fingerprint density at radius 2 is 2.00 bits per heavy atom. The van der Waals surface area contributed by atoms with Crippen molar-refractivity contribution in [1.82, 2.24) is 0 Å². The van der Waals surface area contributed by atoms with Crippen LogP contribution in [0.4, 0.5) is 0 Å². The quantitative estimate of drug-likeness (QED) is 0.655. The molecule has 1 heterocycles. The fourth-order valence-corrected chi connectivity index (χ4v) is 3.32. The number of hydrogen-bond acceptors (Lipinski definition) is 2. The van der Waals surface area contributed by atoms with Crippen molar-refractivity contribution >= 4 is 8.40 Å². The van der Waals surface area contributed by atoms with E-state index in [9.17, 15) is 0 Å². The molecule has 0 radical (unpaired) electrons. The number of aliphatic hydroxyl groups excluding tert-OH is 2. The first-order valence-corrected chi connectivity index (χ1v) is 5.95. The molecule has 0 aliphatic carbocycles. The van der Waals surface area contributed by atoms with E-state index in [-0.39, 0.29) is 13.2 Å². The van der Waals surface area contributed by atoms with E-state index in [0.29, 0.717) is 0 Å². The molecule has 12 heavy (non-hydrogen) atoms. The van der Waals surface area contributed by atoms with Crippen LogP contribution in [0.1, 0.15) is 5.17 Å². The van der Waals surface area contributed by atoms with E-state index in [2.05, 4.69) is 11.7 Å². The Morgan fingerprint density at radius 3 is 2.67 bits per heavy atom. The number of aliphatic hydroxyl groups is 2. The van der Waals surface area contributed by atoms with Gasteiger partial charge in [-0.15, -0.1) is 0 Å². The lowest BCUT2D eigenvalue weighted by Gasteiger charge is -2.04. The molecule has 1 rings (SSSR count). The summed E-state index contributed by atoms with van der Waals surface area (Å²) >= 11 is 0. The van der Waals surface area contributed by atoms with Gasteiger partial charge in [0.25, 0.3) is 0 Å². The minimum absolute atomic E-state index is 0.215. The molecule has 0 unspecified atom stereocenters. The topological polar surface area (TPSA) is 40.5 Å². The van der Waals surface area contributed by atoms with Gasteiger partial charge < -0.3 is 10.2 Å². The third-order valence-electron chi connectivity index (χ3n) is 1.88. The molecule has 0 aliphatic rings. The lowest BCUT2D eigenvalue weighted by Crippen LogP contribution is -2.11. The van der Waals surface area contributed by atoms with E-state index in [1.807, 2.05) is 12.1 Å². The maximum absolute atomic E-state index is 8.80. The molecule has 0 aromatic carbocycles. The maximum Gasteiger partial charge on any atom is 0.0467 e. The molecule has 0 atom stereocenters. The normalized spacial score (nSPS) is 10.2. The summed E-state index contributed by atoms with van der Waals surface area (Å²) < 4.78 is 0. The highest BCUT2D eigenvalue weighted by Gasteiger charge is 2.00. The Balaban J connectivity index is 2.77. The van der Waals surface area contributed by atoms with Gasteiger partial charge in [-0.3, -0.25) is 0 Å². The van der Waals surface area contributed by atoms with Crippen LogP contribution in [-0.2, 0) is 12.5 Å². The van der Waals surface area contributed by atoms with Gasteiger partial charge in [-0.05, 0) is 12.5 Å². The second-order valence-corrected chi connectivity index (χ2v) is 5.24. The van der Waals surface area contributed by atoms with Crippen molar-refractivity contribution in [3.63, 3.8) is 0 Å². The molecule has 1 aromatic rings. The Bertz CT molecular complexity index is 213. The summed E-state index contributed by atoms with van der Waals surface area (Å²) in [6, 6.07) is 6.96. The van der Waals surface area contributed by atoms with E-state index >= 15 is 0 Å². The lowest BCUT2D eigenvalue weighted by molar-refractivity contribution is 0.299. The van der Waals surface area contributed by atoms with E-state index in [0.717, 1.165) is 12.5 Å². The summed E-state index contributed by atoms with van der Waals surface area (Å²) in [5.74, 6) is 0. The predicted molar refractivity (Wildman–Crippen MR) is 50.3 cm³/mol. The molecule has 0 spiro atoms. The minimum Gasteiger partial charge on any atom is -0.396 e. The summed E-state index contributed by atoms with van der Waals surface area (Å²) in [4.78, 5) is 0. The van der Waals surface area contributed by atoms with E-state index < -0.39 is 8.40 Å². The third-order valence-corrected chi connectivity index (χ3v) is 4.48. The highest BCUT2D eigenvalue weighted by atomic mass is 28.2. The maximum atomic E-state index is 8.80. The van der Waals surface area contributed by atoms with Crippen LogP contribution in [0.3, 0.4) is 0 Å². The molecular weight excluding hydrogens is 168 g/mol. The van der Waals surface area contributed by atoms with Crippen molar-refractivity contribution in [1.29, 1.82) is 0 Å². The largest absolute Gasteiger partial charge is 0.396 e. The molecule has 1 aromatic heterocycles. The zero-order valence-corrected chi connectivity index (χ0v) is 8.03. The second kappa shape index (κ2) is 5.19. The van der Waals surface area contributed by atoms with Crippen LogP contribution in [0.5, 0.6) is 0 Å². The SMILES string of the molecule is OCCc1cccc[si]1CCO. The Morgan fingerprint density at radius 1 is 1.17 bits per heavy atom. The van der Waals surface area contributed by atoms with Gasteiger partial charge in [-0.1, -0.05) is 29.1 Å². The summed E-state index contributed by atoms with van der Waals surface area (Å²) in [5.41, 5.74) is 2.17. The van der Waals surface area contributed by atoms with Crippen molar-refractivity contribution in [2.75, 3.05) is 13.2 Å². The van der Waals surface area contributed by atoms with E-state index in [1.165, 1.54) is 5.17 Å². The van der Waals surface area contributed by atoms with E-state index in [1.54, 1.807) is 0 Å². The van der Waals surface area contributed by atoms with E-state index in [4.69, 9.17) is 10.2 Å². The zero-order chi connectivity index (χ0) is 8.81. The van der Waals surface area contributed by atoms with Gasteiger partial charge in [-0.25, -0.2) is 0 Å². The van der Waals surface area contributed by atoms with Crippen molar-refractivity contribution in [2.24, 2.45) is 0 Å². The second-order valence-electron chi connectivity index (χ2n) is 2.72. The minimum atomic E-state index is -0.661. The molecule has 0 bridgehead atoms. The molecule has 0 saturated carbocycles. The molecule has 3 heteroatoms. The summed E-state index contributed by atoms with van der Waals surface area (Å²) in [6.07, 6.45) is 0.759. The average molecular weight is 182 g/mol. The smallest absolute Gasteiger partial charge is 0.0467 e. The first-order chi connectivity index (χ1) is 5.88. The van der Waals surface area contributed by atoms with Crippen molar-refractivity contribution in [2.45, 2.75) is 12.5 Å². The molecule has 0 fully saturated rings. The van der Waals surface area contributed by atoms with Gasteiger partial charge in [0.2, 0.25) is 0 Å². The summed E-state index contributed by atoms with van der Waals surface area (Å²) in [5, 5.41) is 18.9. The Labute approximate surface area is 74.0 Å². The molecule has 0 amide bonds. The van der Waals surface area contributed by atoms with Crippen LogP contribution < -0.4 is 0 Å². The molecule has 0 saturated heterocycles.